The second kappa shape index (κ2) is 7.59. The summed E-state index contributed by atoms with van der Waals surface area (Å²) in [6.07, 6.45) is 3.96. The summed E-state index contributed by atoms with van der Waals surface area (Å²) in [5.41, 5.74) is 5.74. The van der Waals surface area contributed by atoms with E-state index < -0.39 is 0 Å². The number of rotatable bonds is 5. The number of ether oxygens (including phenoxy) is 1. The van der Waals surface area contributed by atoms with Crippen molar-refractivity contribution in [2.45, 2.75) is 26.7 Å². The molecular weight excluding hydrogens is 276 g/mol. The first-order valence-corrected chi connectivity index (χ1v) is 7.42. The van der Waals surface area contributed by atoms with Crippen LogP contribution in [0, 0.1) is 5.92 Å². The molecule has 1 aromatic rings. The molecule has 1 atom stereocenters. The average molecular weight is 298 g/mol. The molecule has 22 heavy (non-hydrogen) atoms. The molecular formula is C18H22N2O2. The number of nitrogens with one attached hydrogen (secondary N) is 1. The highest BCUT2D eigenvalue weighted by Crippen LogP contribution is 2.26. The minimum atomic E-state index is -0.262. The van der Waals surface area contributed by atoms with Crippen LogP contribution >= 0.6 is 0 Å². The molecule has 1 aliphatic rings. The maximum absolute atomic E-state index is 11.8. The summed E-state index contributed by atoms with van der Waals surface area (Å²) in [5.74, 6) is 0.808. The molecule has 1 aromatic carbocycles. The number of hydrogen-bond donors (Lipinski definition) is 1. The third-order valence-electron chi connectivity index (χ3n) is 3.73. The van der Waals surface area contributed by atoms with Gasteiger partial charge in [0.05, 0.1) is 5.71 Å². The molecule has 0 fully saturated rings. The summed E-state index contributed by atoms with van der Waals surface area (Å²) in [7, 11) is 0. The van der Waals surface area contributed by atoms with E-state index in [1.54, 1.807) is 0 Å². The SMILES string of the molecule is C=C(C)C1CC=C(C)/C(=N/NC(=O)COc2ccccc2)C1. The van der Waals surface area contributed by atoms with Crippen LogP contribution in [0.4, 0.5) is 0 Å². The summed E-state index contributed by atoms with van der Waals surface area (Å²) in [4.78, 5) is 11.8. The van der Waals surface area contributed by atoms with Crippen LogP contribution < -0.4 is 10.2 Å². The second-order valence-electron chi connectivity index (χ2n) is 5.57. The lowest BCUT2D eigenvalue weighted by Crippen LogP contribution is -2.27. The van der Waals surface area contributed by atoms with Crippen LogP contribution in [0.3, 0.4) is 0 Å². The highest BCUT2D eigenvalue weighted by atomic mass is 16.5. The number of benzene rings is 1. The van der Waals surface area contributed by atoms with Crippen molar-refractivity contribution in [3.8, 4) is 5.75 Å². The highest BCUT2D eigenvalue weighted by Gasteiger charge is 2.18. The number of carbonyl (C=O) groups excluding carboxylic acids is 1. The van der Waals surface area contributed by atoms with Crippen LogP contribution in [0.5, 0.6) is 5.75 Å². The molecule has 0 saturated carbocycles. The summed E-state index contributed by atoms with van der Waals surface area (Å²) in [5, 5.41) is 4.24. The standard InChI is InChI=1S/C18H22N2O2/c1-13(2)15-10-9-14(3)17(11-15)19-20-18(21)12-22-16-7-5-4-6-8-16/h4-9,15H,1,10-12H2,2-3H3,(H,20,21)/b19-17+. The van der Waals surface area contributed by atoms with E-state index in [1.807, 2.05) is 44.2 Å². The zero-order chi connectivity index (χ0) is 15.9. The van der Waals surface area contributed by atoms with Gasteiger partial charge in [-0.25, -0.2) is 5.43 Å². The number of hydrazone groups is 1. The predicted octanol–water partition coefficient (Wildman–Crippen LogP) is 3.47. The van der Waals surface area contributed by atoms with E-state index in [0.29, 0.717) is 11.7 Å². The minimum Gasteiger partial charge on any atom is -0.484 e. The van der Waals surface area contributed by atoms with Crippen molar-refractivity contribution in [2.24, 2.45) is 11.0 Å². The monoisotopic (exact) mass is 298 g/mol. The molecule has 0 radical (unpaired) electrons. The van der Waals surface area contributed by atoms with E-state index in [4.69, 9.17) is 4.74 Å². The molecule has 1 unspecified atom stereocenters. The third kappa shape index (κ3) is 4.58. The summed E-state index contributed by atoms with van der Waals surface area (Å²) >= 11 is 0. The molecule has 2 rings (SSSR count). The van der Waals surface area contributed by atoms with E-state index >= 15 is 0 Å². The van der Waals surface area contributed by atoms with Crippen molar-refractivity contribution in [3.63, 3.8) is 0 Å². The van der Waals surface area contributed by atoms with Gasteiger partial charge in [0, 0.05) is 0 Å². The van der Waals surface area contributed by atoms with Crippen LogP contribution in [-0.4, -0.2) is 18.2 Å². The Balaban J connectivity index is 1.87. The Labute approximate surface area is 131 Å². The van der Waals surface area contributed by atoms with E-state index in [0.717, 1.165) is 29.7 Å². The number of para-hydroxylation sites is 1. The smallest absolute Gasteiger partial charge is 0.277 e. The topological polar surface area (TPSA) is 50.7 Å². The van der Waals surface area contributed by atoms with Gasteiger partial charge in [-0.3, -0.25) is 4.79 Å². The molecule has 116 valence electrons. The average Bonchev–Trinajstić information content (AvgIpc) is 2.53. The largest absolute Gasteiger partial charge is 0.484 e. The molecule has 0 spiro atoms. The first-order valence-electron chi connectivity index (χ1n) is 7.42. The van der Waals surface area contributed by atoms with Crippen molar-refractivity contribution < 1.29 is 9.53 Å². The fraction of sp³-hybridized carbons (Fsp3) is 0.333. The zero-order valence-electron chi connectivity index (χ0n) is 13.1. The highest BCUT2D eigenvalue weighted by molar-refractivity contribution is 6.01. The Bertz CT molecular complexity index is 603. The normalized spacial score (nSPS) is 19.5. The Morgan fingerprint density at radius 3 is 2.82 bits per heavy atom. The first-order chi connectivity index (χ1) is 10.6. The second-order valence-corrected chi connectivity index (χ2v) is 5.57. The Morgan fingerprint density at radius 2 is 2.14 bits per heavy atom. The molecule has 4 nitrogen and oxygen atoms in total. The van der Waals surface area contributed by atoms with Gasteiger partial charge in [0.25, 0.3) is 5.91 Å². The van der Waals surface area contributed by atoms with Gasteiger partial charge >= 0.3 is 0 Å². The summed E-state index contributed by atoms with van der Waals surface area (Å²) < 4.78 is 5.38. The first kappa shape index (κ1) is 16.0. The molecule has 0 aliphatic heterocycles. The molecule has 1 N–H and O–H groups in total. The minimum absolute atomic E-state index is 0.0481. The fourth-order valence-electron chi connectivity index (χ4n) is 2.25. The van der Waals surface area contributed by atoms with Crippen LogP contribution in [0.25, 0.3) is 0 Å². The lowest BCUT2D eigenvalue weighted by molar-refractivity contribution is -0.123. The van der Waals surface area contributed by atoms with Gasteiger partial charge < -0.3 is 4.74 Å². The molecule has 0 saturated heterocycles. The van der Waals surface area contributed by atoms with Crippen LogP contribution in [0.2, 0.25) is 0 Å². The van der Waals surface area contributed by atoms with Gasteiger partial charge in [0.1, 0.15) is 5.75 Å². The maximum atomic E-state index is 11.8. The number of allylic oxidation sites excluding steroid dienone is 3. The number of hydrogen-bond acceptors (Lipinski definition) is 3. The van der Waals surface area contributed by atoms with Gasteiger partial charge in [-0.2, -0.15) is 5.10 Å². The van der Waals surface area contributed by atoms with E-state index in [9.17, 15) is 4.79 Å². The van der Waals surface area contributed by atoms with Crippen molar-refractivity contribution in [1.29, 1.82) is 0 Å². The van der Waals surface area contributed by atoms with Gasteiger partial charge in [0.2, 0.25) is 0 Å². The van der Waals surface area contributed by atoms with Crippen molar-refractivity contribution in [1.82, 2.24) is 5.43 Å². The summed E-state index contributed by atoms with van der Waals surface area (Å²) in [6, 6.07) is 9.24. The van der Waals surface area contributed by atoms with Crippen molar-refractivity contribution in [3.05, 3.63) is 54.1 Å². The van der Waals surface area contributed by atoms with Gasteiger partial charge in [-0.05, 0) is 50.3 Å². The molecule has 4 heteroatoms. The van der Waals surface area contributed by atoms with Gasteiger partial charge in [-0.15, -0.1) is 0 Å². The molecule has 1 amide bonds. The Kier molecular flexibility index (Phi) is 5.53. The van der Waals surface area contributed by atoms with E-state index in [2.05, 4.69) is 23.2 Å². The van der Waals surface area contributed by atoms with Crippen molar-refractivity contribution >= 4 is 11.6 Å². The predicted molar refractivity (Wildman–Crippen MR) is 88.8 cm³/mol. The number of carbonyl (C=O) groups is 1. The maximum Gasteiger partial charge on any atom is 0.277 e. The lowest BCUT2D eigenvalue weighted by atomic mass is 9.85. The molecule has 0 bridgehead atoms. The van der Waals surface area contributed by atoms with Gasteiger partial charge in [0.15, 0.2) is 6.61 Å². The van der Waals surface area contributed by atoms with Crippen LogP contribution in [0.15, 0.2) is 59.2 Å². The number of nitrogens with zero attached hydrogens (tertiary/aromatic N) is 1. The quantitative estimate of drug-likeness (QED) is 0.668. The Morgan fingerprint density at radius 1 is 1.41 bits per heavy atom. The van der Waals surface area contributed by atoms with Crippen LogP contribution in [0.1, 0.15) is 26.7 Å². The van der Waals surface area contributed by atoms with Crippen LogP contribution in [-0.2, 0) is 4.79 Å². The Hall–Kier alpha value is -2.36. The van der Waals surface area contributed by atoms with E-state index in [1.165, 1.54) is 0 Å². The third-order valence-corrected chi connectivity index (χ3v) is 3.73. The molecule has 0 heterocycles. The molecule has 0 aromatic heterocycles. The fourth-order valence-corrected chi connectivity index (χ4v) is 2.25. The number of amides is 1. The van der Waals surface area contributed by atoms with E-state index in [-0.39, 0.29) is 12.5 Å². The lowest BCUT2D eigenvalue weighted by Gasteiger charge is -2.22. The molecule has 1 aliphatic carbocycles. The summed E-state index contributed by atoms with van der Waals surface area (Å²) in [6.45, 7) is 8.00. The zero-order valence-corrected chi connectivity index (χ0v) is 13.1. The van der Waals surface area contributed by atoms with Crippen molar-refractivity contribution in [2.75, 3.05) is 6.61 Å². The van der Waals surface area contributed by atoms with Gasteiger partial charge in [-0.1, -0.05) is 36.4 Å².